The molecule has 3 aromatic rings. The van der Waals surface area contributed by atoms with E-state index in [1.54, 1.807) is 17.0 Å². The zero-order chi connectivity index (χ0) is 20.6. The first kappa shape index (κ1) is 20.7. The molecule has 0 saturated heterocycles. The Labute approximate surface area is 176 Å². The third-order valence-corrected chi connectivity index (χ3v) is 5.88. The molecule has 0 aliphatic carbocycles. The second-order valence-electron chi connectivity index (χ2n) is 7.53. The summed E-state index contributed by atoms with van der Waals surface area (Å²) >= 11 is 12.5. The lowest BCUT2D eigenvalue weighted by Gasteiger charge is -2.27. The fourth-order valence-electron chi connectivity index (χ4n) is 3.25. The molecule has 1 amide bonds. The van der Waals surface area contributed by atoms with Gasteiger partial charge in [-0.05, 0) is 45.4 Å². The molecule has 6 heteroatoms. The number of hydrogen-bond donors (Lipinski definition) is 0. The van der Waals surface area contributed by atoms with Crippen LogP contribution in [0.5, 0.6) is 0 Å². The van der Waals surface area contributed by atoms with Crippen LogP contribution in [0.15, 0.2) is 36.4 Å². The standard InChI is InChI=1S/C22H25Cl2N3O/c1-13(2)26(5)22(28)15(4)27-20-12-18(24)17(23)11-19(20)25-21(27)10-16-8-6-14(3)7-9-16/h6-9,11-13,15H,10H2,1-5H3. The van der Waals surface area contributed by atoms with Gasteiger partial charge >= 0.3 is 0 Å². The predicted octanol–water partition coefficient (Wildman–Crippen LogP) is 5.67. The minimum atomic E-state index is -0.407. The van der Waals surface area contributed by atoms with Crippen LogP contribution in [0.3, 0.4) is 0 Å². The molecule has 1 heterocycles. The Hall–Kier alpha value is -2.04. The van der Waals surface area contributed by atoms with Gasteiger partial charge in [-0.15, -0.1) is 0 Å². The van der Waals surface area contributed by atoms with Crippen LogP contribution in [-0.2, 0) is 11.2 Å². The molecule has 0 bridgehead atoms. The Kier molecular flexibility index (Phi) is 6.01. The van der Waals surface area contributed by atoms with Crippen LogP contribution in [0.1, 0.15) is 43.8 Å². The van der Waals surface area contributed by atoms with Crippen molar-refractivity contribution < 1.29 is 4.79 Å². The van der Waals surface area contributed by atoms with E-state index in [1.807, 2.05) is 32.4 Å². The van der Waals surface area contributed by atoms with Gasteiger partial charge < -0.3 is 9.47 Å². The molecule has 2 aromatic carbocycles. The van der Waals surface area contributed by atoms with Crippen LogP contribution in [0.2, 0.25) is 10.0 Å². The number of likely N-dealkylation sites (N-methyl/N-ethyl adjacent to an activating group) is 1. The Morgan fingerprint density at radius 2 is 1.71 bits per heavy atom. The summed E-state index contributed by atoms with van der Waals surface area (Å²) in [6, 6.07) is 11.6. The number of hydrogen-bond acceptors (Lipinski definition) is 2. The first-order chi connectivity index (χ1) is 13.2. The minimum absolute atomic E-state index is 0.0329. The van der Waals surface area contributed by atoms with E-state index in [1.165, 1.54) is 5.56 Å². The molecule has 1 unspecified atom stereocenters. The summed E-state index contributed by atoms with van der Waals surface area (Å²) in [5, 5.41) is 0.910. The van der Waals surface area contributed by atoms with E-state index in [0.29, 0.717) is 16.5 Å². The van der Waals surface area contributed by atoms with Crippen molar-refractivity contribution in [1.82, 2.24) is 14.5 Å². The van der Waals surface area contributed by atoms with E-state index in [4.69, 9.17) is 28.2 Å². The number of fused-ring (bicyclic) bond motifs is 1. The summed E-state index contributed by atoms with van der Waals surface area (Å²) in [6.45, 7) is 7.97. The third kappa shape index (κ3) is 4.03. The fraction of sp³-hybridized carbons (Fsp3) is 0.364. The van der Waals surface area contributed by atoms with Crippen molar-refractivity contribution in [2.75, 3.05) is 7.05 Å². The number of halogens is 2. The zero-order valence-corrected chi connectivity index (χ0v) is 18.3. The summed E-state index contributed by atoms with van der Waals surface area (Å²) < 4.78 is 1.98. The fourth-order valence-corrected chi connectivity index (χ4v) is 3.56. The van der Waals surface area contributed by atoms with Crippen molar-refractivity contribution in [2.45, 2.75) is 46.2 Å². The molecule has 0 N–H and O–H groups in total. The summed E-state index contributed by atoms with van der Waals surface area (Å²) in [7, 11) is 1.83. The van der Waals surface area contributed by atoms with E-state index in [0.717, 1.165) is 22.4 Å². The van der Waals surface area contributed by atoms with Crippen LogP contribution in [0.25, 0.3) is 11.0 Å². The maximum Gasteiger partial charge on any atom is 0.245 e. The first-order valence-corrected chi connectivity index (χ1v) is 10.1. The zero-order valence-electron chi connectivity index (χ0n) is 16.8. The highest BCUT2D eigenvalue weighted by Gasteiger charge is 2.26. The number of rotatable bonds is 5. The van der Waals surface area contributed by atoms with Gasteiger partial charge in [0.15, 0.2) is 0 Å². The highest BCUT2D eigenvalue weighted by atomic mass is 35.5. The lowest BCUT2D eigenvalue weighted by atomic mass is 10.1. The Morgan fingerprint density at radius 1 is 1.11 bits per heavy atom. The molecule has 0 radical (unpaired) electrons. The van der Waals surface area contributed by atoms with Crippen LogP contribution in [-0.4, -0.2) is 33.4 Å². The molecule has 148 valence electrons. The second kappa shape index (κ2) is 8.14. The minimum Gasteiger partial charge on any atom is -0.342 e. The van der Waals surface area contributed by atoms with Crippen molar-refractivity contribution in [3.05, 3.63) is 63.4 Å². The topological polar surface area (TPSA) is 38.1 Å². The molecule has 1 aromatic heterocycles. The first-order valence-electron chi connectivity index (χ1n) is 9.37. The van der Waals surface area contributed by atoms with Gasteiger partial charge in [-0.3, -0.25) is 4.79 Å². The number of carbonyl (C=O) groups excluding carboxylic acids is 1. The predicted molar refractivity (Wildman–Crippen MR) is 116 cm³/mol. The molecule has 0 saturated carbocycles. The number of carbonyl (C=O) groups is 1. The van der Waals surface area contributed by atoms with Crippen molar-refractivity contribution >= 4 is 40.1 Å². The van der Waals surface area contributed by atoms with Crippen LogP contribution in [0, 0.1) is 6.92 Å². The van der Waals surface area contributed by atoms with Gasteiger partial charge in [0.1, 0.15) is 11.9 Å². The van der Waals surface area contributed by atoms with Crippen LogP contribution < -0.4 is 0 Å². The second-order valence-corrected chi connectivity index (χ2v) is 8.35. The van der Waals surface area contributed by atoms with E-state index < -0.39 is 6.04 Å². The number of imidazole rings is 1. The Morgan fingerprint density at radius 3 is 2.32 bits per heavy atom. The van der Waals surface area contributed by atoms with E-state index in [-0.39, 0.29) is 11.9 Å². The van der Waals surface area contributed by atoms with Gasteiger partial charge in [0, 0.05) is 19.5 Å². The lowest BCUT2D eigenvalue weighted by molar-refractivity contribution is -0.134. The molecule has 1 atom stereocenters. The molecule has 3 rings (SSSR count). The summed E-state index contributed by atoms with van der Waals surface area (Å²) in [4.78, 5) is 19.6. The molecular formula is C22H25Cl2N3O. The van der Waals surface area contributed by atoms with Gasteiger partial charge in [0.05, 0.1) is 21.1 Å². The third-order valence-electron chi connectivity index (χ3n) is 5.15. The highest BCUT2D eigenvalue weighted by Crippen LogP contribution is 2.31. The smallest absolute Gasteiger partial charge is 0.245 e. The van der Waals surface area contributed by atoms with Gasteiger partial charge in [-0.1, -0.05) is 53.0 Å². The molecule has 0 fully saturated rings. The number of nitrogens with zero attached hydrogens (tertiary/aromatic N) is 3. The summed E-state index contributed by atoms with van der Waals surface area (Å²) in [5.41, 5.74) is 3.90. The average Bonchev–Trinajstić information content (AvgIpc) is 2.98. The van der Waals surface area contributed by atoms with Gasteiger partial charge in [0.25, 0.3) is 0 Å². The number of amides is 1. The maximum atomic E-state index is 13.0. The normalized spacial score (nSPS) is 12.6. The molecule has 0 aliphatic heterocycles. The van der Waals surface area contributed by atoms with E-state index in [9.17, 15) is 4.79 Å². The number of aryl methyl sites for hydroxylation is 1. The van der Waals surface area contributed by atoms with Gasteiger partial charge in [0.2, 0.25) is 5.91 Å². The summed E-state index contributed by atoms with van der Waals surface area (Å²) in [5.74, 6) is 0.848. The van der Waals surface area contributed by atoms with Crippen molar-refractivity contribution in [2.24, 2.45) is 0 Å². The monoisotopic (exact) mass is 417 g/mol. The molecule has 4 nitrogen and oxygen atoms in total. The van der Waals surface area contributed by atoms with Crippen molar-refractivity contribution in [3.8, 4) is 0 Å². The van der Waals surface area contributed by atoms with Crippen LogP contribution >= 0.6 is 23.2 Å². The Bertz CT molecular complexity index is 1010. The van der Waals surface area contributed by atoms with E-state index in [2.05, 4.69) is 31.2 Å². The van der Waals surface area contributed by atoms with Crippen LogP contribution in [0.4, 0.5) is 0 Å². The van der Waals surface area contributed by atoms with Crippen molar-refractivity contribution in [1.29, 1.82) is 0 Å². The van der Waals surface area contributed by atoms with E-state index >= 15 is 0 Å². The molecule has 28 heavy (non-hydrogen) atoms. The molecular weight excluding hydrogens is 393 g/mol. The Balaban J connectivity index is 2.12. The highest BCUT2D eigenvalue weighted by molar-refractivity contribution is 6.42. The molecule has 0 spiro atoms. The average molecular weight is 418 g/mol. The number of aromatic nitrogens is 2. The lowest BCUT2D eigenvalue weighted by Crippen LogP contribution is -2.38. The molecule has 0 aliphatic rings. The maximum absolute atomic E-state index is 13.0. The summed E-state index contributed by atoms with van der Waals surface area (Å²) in [6.07, 6.45) is 0.618. The largest absolute Gasteiger partial charge is 0.342 e. The van der Waals surface area contributed by atoms with Gasteiger partial charge in [-0.25, -0.2) is 4.98 Å². The van der Waals surface area contributed by atoms with Crippen molar-refractivity contribution in [3.63, 3.8) is 0 Å². The quantitative estimate of drug-likeness (QED) is 0.536. The van der Waals surface area contributed by atoms with Gasteiger partial charge in [-0.2, -0.15) is 0 Å². The SMILES string of the molecule is Cc1ccc(Cc2nc3cc(Cl)c(Cl)cc3n2C(C)C(=O)N(C)C(C)C)cc1. The number of benzene rings is 2.